The monoisotopic (exact) mass is 842 g/mol. The van der Waals surface area contributed by atoms with E-state index in [4.69, 9.17) is 9.97 Å². The van der Waals surface area contributed by atoms with Gasteiger partial charge in [0.25, 0.3) is 11.1 Å². The predicted octanol–water partition coefficient (Wildman–Crippen LogP) is 13.8. The maximum atomic E-state index is 15.0. The van der Waals surface area contributed by atoms with Crippen LogP contribution < -0.4 is 11.1 Å². The van der Waals surface area contributed by atoms with Crippen molar-refractivity contribution in [3.8, 4) is 55.6 Å². The molecule has 6 nitrogen and oxygen atoms in total. The molecule has 14 rings (SSSR count). The molecule has 0 saturated carbocycles. The number of aromatic nitrogens is 4. The van der Waals surface area contributed by atoms with Gasteiger partial charge in [-0.15, -0.1) is 0 Å². The number of nitrogens with zero attached hydrogens (tertiary/aromatic N) is 4. The van der Waals surface area contributed by atoms with Crippen molar-refractivity contribution >= 4 is 76.5 Å². The highest BCUT2D eigenvalue weighted by atomic mass is 16.1. The quantitative estimate of drug-likeness (QED) is 0.173. The van der Waals surface area contributed by atoms with E-state index in [9.17, 15) is 9.59 Å². The summed E-state index contributed by atoms with van der Waals surface area (Å²) in [6, 6.07) is 70.2. The summed E-state index contributed by atoms with van der Waals surface area (Å²) < 4.78 is 3.61. The molecule has 0 unspecified atom stereocenters. The molecule has 0 aliphatic heterocycles. The molecule has 6 heteroatoms. The highest BCUT2D eigenvalue weighted by molar-refractivity contribution is 6.24. The number of imidazole rings is 2. The summed E-state index contributed by atoms with van der Waals surface area (Å²) in [5, 5.41) is 6.67. The van der Waals surface area contributed by atoms with Crippen molar-refractivity contribution in [1.82, 2.24) is 18.8 Å². The minimum Gasteiger partial charge on any atom is -0.268 e. The molecular weight excluding hydrogens is 809 g/mol. The van der Waals surface area contributed by atoms with Gasteiger partial charge >= 0.3 is 0 Å². The van der Waals surface area contributed by atoms with Gasteiger partial charge < -0.3 is 0 Å². The molecule has 4 aromatic heterocycles. The molecule has 14 aromatic rings. The molecule has 0 bridgehead atoms. The van der Waals surface area contributed by atoms with Crippen LogP contribution in [-0.4, -0.2) is 18.8 Å². The van der Waals surface area contributed by atoms with Gasteiger partial charge in [-0.1, -0.05) is 158 Å². The molecule has 0 aliphatic carbocycles. The maximum Gasteiger partial charge on any atom is 0.264 e. The number of benzene rings is 10. The molecular formula is C60H34N4O2. The maximum absolute atomic E-state index is 15.0. The fourth-order valence-electron chi connectivity index (χ4n) is 10.6. The Labute approximate surface area is 376 Å². The third kappa shape index (κ3) is 5.12. The van der Waals surface area contributed by atoms with Gasteiger partial charge in [-0.2, -0.15) is 0 Å². The molecule has 0 aliphatic rings. The second kappa shape index (κ2) is 13.7. The first-order valence-corrected chi connectivity index (χ1v) is 22.2. The topological polar surface area (TPSA) is 68.7 Å². The van der Waals surface area contributed by atoms with Crippen molar-refractivity contribution in [2.45, 2.75) is 0 Å². The van der Waals surface area contributed by atoms with Crippen molar-refractivity contribution in [2.75, 3.05) is 0 Å². The van der Waals surface area contributed by atoms with E-state index in [0.29, 0.717) is 22.1 Å². The van der Waals surface area contributed by atoms with Gasteiger partial charge in [-0.3, -0.25) is 18.4 Å². The molecule has 0 fully saturated rings. The SMILES string of the molecule is O=c1c2cccc3c(-c4ccc5c6c4cccc6c(=O)n4c6cc(-c7ccccc7)cc(-c7ccccc7)c6nc54)ccc(c32)c2nc3c(-c4ccccc4)cc(-c4ccccc4)cc3n12. The lowest BCUT2D eigenvalue weighted by Gasteiger charge is -2.15. The first kappa shape index (κ1) is 36.5. The fourth-order valence-corrected chi connectivity index (χ4v) is 10.6. The Hall–Kier alpha value is -9.00. The van der Waals surface area contributed by atoms with Crippen LogP contribution in [0.15, 0.2) is 216 Å². The minimum atomic E-state index is -0.112. The molecule has 0 amide bonds. The number of hydrogen-bond donors (Lipinski definition) is 0. The highest BCUT2D eigenvalue weighted by Crippen LogP contribution is 2.43. The van der Waals surface area contributed by atoms with E-state index in [0.717, 1.165) is 110 Å². The summed E-state index contributed by atoms with van der Waals surface area (Å²) in [7, 11) is 0. The van der Waals surface area contributed by atoms with Crippen molar-refractivity contribution in [1.29, 1.82) is 0 Å². The van der Waals surface area contributed by atoms with E-state index >= 15 is 0 Å². The Bertz CT molecular complexity index is 4130. The van der Waals surface area contributed by atoms with Crippen LogP contribution in [0.4, 0.5) is 0 Å². The molecule has 66 heavy (non-hydrogen) atoms. The standard InChI is InChI=1S/C60H34N4O2/c65-59-47-25-13-23-43-41(27-29-45(53(43)47)57-61-55-49(37-19-9-3-10-20-37)31-39(33-51(55)63(57)59)35-15-5-1-6-16-35)42-28-30-46-54-44(42)24-14-26-48(54)60(66)64-52-34-40(36-17-7-2-8-18-36)32-50(56(52)62-58(46)64)38-21-11-4-12-22-38/h1-34H. The van der Waals surface area contributed by atoms with E-state index in [1.54, 1.807) is 8.80 Å². The van der Waals surface area contributed by atoms with E-state index < -0.39 is 0 Å². The minimum absolute atomic E-state index is 0.112. The van der Waals surface area contributed by atoms with Crippen LogP contribution >= 0.6 is 0 Å². The fraction of sp³-hybridized carbons (Fsp3) is 0. The summed E-state index contributed by atoms with van der Waals surface area (Å²) in [5.74, 6) is 0. The smallest absolute Gasteiger partial charge is 0.264 e. The van der Waals surface area contributed by atoms with Gasteiger partial charge in [-0.05, 0) is 104 Å². The van der Waals surface area contributed by atoms with Crippen molar-refractivity contribution < 1.29 is 0 Å². The van der Waals surface area contributed by atoms with Gasteiger partial charge in [-0.25, -0.2) is 9.97 Å². The van der Waals surface area contributed by atoms with Crippen LogP contribution in [0.2, 0.25) is 0 Å². The second-order valence-electron chi connectivity index (χ2n) is 17.2. The summed E-state index contributed by atoms with van der Waals surface area (Å²) in [6.45, 7) is 0. The van der Waals surface area contributed by atoms with E-state index in [-0.39, 0.29) is 11.1 Å². The Balaban J connectivity index is 1.02. The molecule has 0 atom stereocenters. The summed E-state index contributed by atoms with van der Waals surface area (Å²) >= 11 is 0. The van der Waals surface area contributed by atoms with Gasteiger partial charge in [0, 0.05) is 43.4 Å². The molecule has 10 aromatic carbocycles. The van der Waals surface area contributed by atoms with Crippen molar-refractivity contribution in [2.24, 2.45) is 0 Å². The molecule has 306 valence electrons. The van der Waals surface area contributed by atoms with Crippen LogP contribution in [0.25, 0.3) is 132 Å². The zero-order valence-electron chi connectivity index (χ0n) is 35.2. The summed E-state index contributed by atoms with van der Waals surface area (Å²) in [6.07, 6.45) is 0. The van der Waals surface area contributed by atoms with E-state index in [1.807, 2.05) is 97.1 Å². The van der Waals surface area contributed by atoms with Crippen LogP contribution in [0.1, 0.15) is 0 Å². The molecule has 0 radical (unpaired) electrons. The molecule has 0 N–H and O–H groups in total. The van der Waals surface area contributed by atoms with Crippen LogP contribution in [0.5, 0.6) is 0 Å². The molecule has 0 saturated heterocycles. The first-order chi connectivity index (χ1) is 32.6. The number of rotatable bonds is 5. The van der Waals surface area contributed by atoms with Crippen LogP contribution in [-0.2, 0) is 0 Å². The predicted molar refractivity (Wildman–Crippen MR) is 271 cm³/mol. The third-order valence-electron chi connectivity index (χ3n) is 13.6. The van der Waals surface area contributed by atoms with Gasteiger partial charge in [0.05, 0.1) is 22.1 Å². The molecule has 0 spiro atoms. The highest BCUT2D eigenvalue weighted by Gasteiger charge is 2.24. The largest absolute Gasteiger partial charge is 0.268 e. The lowest BCUT2D eigenvalue weighted by Crippen LogP contribution is -2.13. The molecule has 4 heterocycles. The number of fused-ring (bicyclic) bond motifs is 8. The second-order valence-corrected chi connectivity index (χ2v) is 17.2. The van der Waals surface area contributed by atoms with Crippen LogP contribution in [0, 0.1) is 0 Å². The lowest BCUT2D eigenvalue weighted by molar-refractivity contribution is 1.19. The van der Waals surface area contributed by atoms with Crippen molar-refractivity contribution in [3.05, 3.63) is 227 Å². The average Bonchev–Trinajstić information content (AvgIpc) is 3.98. The number of pyridine rings is 2. The third-order valence-corrected chi connectivity index (χ3v) is 13.6. The van der Waals surface area contributed by atoms with Crippen molar-refractivity contribution in [3.63, 3.8) is 0 Å². The Morgan fingerprint density at radius 3 is 1.05 bits per heavy atom. The van der Waals surface area contributed by atoms with Crippen LogP contribution in [0.3, 0.4) is 0 Å². The zero-order chi connectivity index (χ0) is 43.6. The normalized spacial score (nSPS) is 12.1. The average molecular weight is 843 g/mol. The Morgan fingerprint density at radius 2 is 0.652 bits per heavy atom. The zero-order valence-corrected chi connectivity index (χ0v) is 35.2. The Morgan fingerprint density at radius 1 is 0.288 bits per heavy atom. The van der Waals surface area contributed by atoms with Gasteiger partial charge in [0.1, 0.15) is 11.3 Å². The van der Waals surface area contributed by atoms with Gasteiger partial charge in [0.15, 0.2) is 0 Å². The van der Waals surface area contributed by atoms with Gasteiger partial charge in [0.2, 0.25) is 0 Å². The van der Waals surface area contributed by atoms with E-state index in [1.165, 1.54) is 0 Å². The summed E-state index contributed by atoms with van der Waals surface area (Å²) in [5.41, 5.74) is 14.2. The first-order valence-electron chi connectivity index (χ1n) is 22.2. The lowest BCUT2D eigenvalue weighted by atomic mass is 9.90. The number of hydrogen-bond acceptors (Lipinski definition) is 4. The Kier molecular flexibility index (Phi) is 7.60. The van der Waals surface area contributed by atoms with E-state index in [2.05, 4.69) is 109 Å². The summed E-state index contributed by atoms with van der Waals surface area (Å²) in [4.78, 5) is 40.6.